The van der Waals surface area contributed by atoms with E-state index in [4.69, 9.17) is 4.74 Å². The first kappa shape index (κ1) is 12.1. The molecule has 0 aromatic heterocycles. The monoisotopic (exact) mass is 207 g/mol. The zero-order valence-corrected chi connectivity index (χ0v) is 9.92. The molecule has 0 aliphatic rings. The minimum Gasteiger partial charge on any atom is -0.493 e. The zero-order chi connectivity index (χ0) is 11.1. The number of hydrogen-bond donors (Lipinski definition) is 1. The van der Waals surface area contributed by atoms with Crippen LogP contribution in [0.25, 0.3) is 0 Å². The Morgan fingerprint density at radius 2 is 2.00 bits per heavy atom. The lowest BCUT2D eigenvalue weighted by atomic mass is 10.2. The number of rotatable bonds is 6. The minimum atomic E-state index is 0.504. The second-order valence-electron chi connectivity index (χ2n) is 3.99. The van der Waals surface area contributed by atoms with Crippen molar-refractivity contribution in [3.8, 4) is 5.75 Å². The van der Waals surface area contributed by atoms with Crippen LogP contribution < -0.4 is 10.1 Å². The second kappa shape index (κ2) is 6.46. The van der Waals surface area contributed by atoms with E-state index >= 15 is 0 Å². The SMILES string of the molecule is CCCOc1ccccc1CNC(C)C. The summed E-state index contributed by atoms with van der Waals surface area (Å²) in [7, 11) is 0. The minimum absolute atomic E-state index is 0.504. The predicted octanol–water partition coefficient (Wildman–Crippen LogP) is 2.97. The van der Waals surface area contributed by atoms with E-state index in [-0.39, 0.29) is 0 Å². The molecular weight excluding hydrogens is 186 g/mol. The molecule has 0 atom stereocenters. The number of ether oxygens (including phenoxy) is 1. The van der Waals surface area contributed by atoms with Crippen molar-refractivity contribution < 1.29 is 4.74 Å². The van der Waals surface area contributed by atoms with Crippen molar-refractivity contribution in [2.45, 2.75) is 39.8 Å². The van der Waals surface area contributed by atoms with Gasteiger partial charge in [-0.3, -0.25) is 0 Å². The smallest absolute Gasteiger partial charge is 0.123 e. The van der Waals surface area contributed by atoms with Crippen LogP contribution in [0.1, 0.15) is 32.8 Å². The average Bonchev–Trinajstić information content (AvgIpc) is 2.24. The highest BCUT2D eigenvalue weighted by molar-refractivity contribution is 5.33. The van der Waals surface area contributed by atoms with Crippen LogP contribution in [0.3, 0.4) is 0 Å². The predicted molar refractivity (Wildman–Crippen MR) is 64.2 cm³/mol. The summed E-state index contributed by atoms with van der Waals surface area (Å²) in [6.45, 7) is 8.08. The second-order valence-corrected chi connectivity index (χ2v) is 3.99. The Morgan fingerprint density at radius 3 is 2.67 bits per heavy atom. The summed E-state index contributed by atoms with van der Waals surface area (Å²) in [5, 5.41) is 3.40. The molecule has 84 valence electrons. The van der Waals surface area contributed by atoms with Crippen LogP contribution in [-0.2, 0) is 6.54 Å². The third-order valence-corrected chi connectivity index (χ3v) is 2.14. The van der Waals surface area contributed by atoms with Gasteiger partial charge in [0.25, 0.3) is 0 Å². The molecule has 0 fully saturated rings. The topological polar surface area (TPSA) is 21.3 Å². The first-order valence-corrected chi connectivity index (χ1v) is 5.68. The number of benzene rings is 1. The van der Waals surface area contributed by atoms with Gasteiger partial charge < -0.3 is 10.1 Å². The largest absolute Gasteiger partial charge is 0.493 e. The van der Waals surface area contributed by atoms with Crippen molar-refractivity contribution in [2.75, 3.05) is 6.61 Å². The number of nitrogens with one attached hydrogen (secondary N) is 1. The molecule has 0 saturated heterocycles. The molecule has 1 aromatic rings. The van der Waals surface area contributed by atoms with Crippen LogP contribution in [0, 0.1) is 0 Å². The molecule has 2 heteroatoms. The van der Waals surface area contributed by atoms with Crippen LogP contribution in [0.4, 0.5) is 0 Å². The Labute approximate surface area is 92.6 Å². The van der Waals surface area contributed by atoms with Gasteiger partial charge in [-0.15, -0.1) is 0 Å². The summed E-state index contributed by atoms with van der Waals surface area (Å²) in [6.07, 6.45) is 1.05. The van der Waals surface area contributed by atoms with Crippen molar-refractivity contribution in [3.63, 3.8) is 0 Å². The van der Waals surface area contributed by atoms with Crippen molar-refractivity contribution >= 4 is 0 Å². The molecule has 0 aliphatic heterocycles. The molecule has 0 amide bonds. The Kier molecular flexibility index (Phi) is 5.19. The maximum Gasteiger partial charge on any atom is 0.123 e. The lowest BCUT2D eigenvalue weighted by Gasteiger charge is -2.13. The van der Waals surface area contributed by atoms with Crippen LogP contribution >= 0.6 is 0 Å². The molecular formula is C13H21NO. The highest BCUT2D eigenvalue weighted by Gasteiger charge is 2.02. The van der Waals surface area contributed by atoms with E-state index in [1.165, 1.54) is 5.56 Å². The molecule has 0 spiro atoms. The molecule has 15 heavy (non-hydrogen) atoms. The third kappa shape index (κ3) is 4.34. The average molecular weight is 207 g/mol. The van der Waals surface area contributed by atoms with E-state index in [0.29, 0.717) is 6.04 Å². The van der Waals surface area contributed by atoms with Crippen LogP contribution in [0.5, 0.6) is 5.75 Å². The van der Waals surface area contributed by atoms with Crippen LogP contribution in [0.2, 0.25) is 0 Å². The van der Waals surface area contributed by atoms with Crippen LogP contribution in [-0.4, -0.2) is 12.6 Å². The first-order chi connectivity index (χ1) is 7.24. The highest BCUT2D eigenvalue weighted by Crippen LogP contribution is 2.17. The fourth-order valence-corrected chi connectivity index (χ4v) is 1.32. The fourth-order valence-electron chi connectivity index (χ4n) is 1.32. The molecule has 0 saturated carbocycles. The highest BCUT2D eigenvalue weighted by atomic mass is 16.5. The molecule has 0 radical (unpaired) electrons. The standard InChI is InChI=1S/C13H21NO/c1-4-9-15-13-8-6-5-7-12(13)10-14-11(2)3/h5-8,11,14H,4,9-10H2,1-3H3. The van der Waals surface area contributed by atoms with Gasteiger partial charge in [-0.1, -0.05) is 39.0 Å². The van der Waals surface area contributed by atoms with E-state index in [1.54, 1.807) is 0 Å². The summed E-state index contributed by atoms with van der Waals surface area (Å²) >= 11 is 0. The zero-order valence-electron chi connectivity index (χ0n) is 9.92. The molecule has 0 unspecified atom stereocenters. The van der Waals surface area contributed by atoms with Gasteiger partial charge in [0, 0.05) is 18.2 Å². The van der Waals surface area contributed by atoms with E-state index in [0.717, 1.165) is 25.3 Å². The number of hydrogen-bond acceptors (Lipinski definition) is 2. The van der Waals surface area contributed by atoms with Crippen molar-refractivity contribution in [1.82, 2.24) is 5.32 Å². The van der Waals surface area contributed by atoms with Gasteiger partial charge in [-0.2, -0.15) is 0 Å². The van der Waals surface area contributed by atoms with Gasteiger partial charge in [0.15, 0.2) is 0 Å². The summed E-state index contributed by atoms with van der Waals surface area (Å²) in [6, 6.07) is 8.72. The van der Waals surface area contributed by atoms with Gasteiger partial charge >= 0.3 is 0 Å². The van der Waals surface area contributed by atoms with Gasteiger partial charge in [0.05, 0.1) is 6.61 Å². The maximum absolute atomic E-state index is 5.68. The Bertz CT molecular complexity index is 284. The van der Waals surface area contributed by atoms with Crippen molar-refractivity contribution in [3.05, 3.63) is 29.8 Å². The first-order valence-electron chi connectivity index (χ1n) is 5.68. The van der Waals surface area contributed by atoms with Gasteiger partial charge in [-0.05, 0) is 12.5 Å². The fraction of sp³-hybridized carbons (Fsp3) is 0.538. The molecule has 0 aliphatic carbocycles. The van der Waals surface area contributed by atoms with Crippen LogP contribution in [0.15, 0.2) is 24.3 Å². The molecule has 0 heterocycles. The molecule has 2 nitrogen and oxygen atoms in total. The molecule has 1 rings (SSSR count). The summed E-state index contributed by atoms with van der Waals surface area (Å²) in [5.74, 6) is 1.01. The van der Waals surface area contributed by atoms with Gasteiger partial charge in [-0.25, -0.2) is 0 Å². The maximum atomic E-state index is 5.68. The van der Waals surface area contributed by atoms with E-state index in [2.05, 4.69) is 38.2 Å². The van der Waals surface area contributed by atoms with E-state index in [9.17, 15) is 0 Å². The van der Waals surface area contributed by atoms with Gasteiger partial charge in [0.2, 0.25) is 0 Å². The van der Waals surface area contributed by atoms with E-state index < -0.39 is 0 Å². The third-order valence-electron chi connectivity index (χ3n) is 2.14. The lowest BCUT2D eigenvalue weighted by molar-refractivity contribution is 0.313. The van der Waals surface area contributed by atoms with Gasteiger partial charge in [0.1, 0.15) is 5.75 Å². The quantitative estimate of drug-likeness (QED) is 0.774. The van der Waals surface area contributed by atoms with Crippen molar-refractivity contribution in [1.29, 1.82) is 0 Å². The lowest BCUT2D eigenvalue weighted by Crippen LogP contribution is -2.22. The molecule has 1 N–H and O–H groups in total. The molecule has 1 aromatic carbocycles. The van der Waals surface area contributed by atoms with Crippen molar-refractivity contribution in [2.24, 2.45) is 0 Å². The van der Waals surface area contributed by atoms with E-state index in [1.807, 2.05) is 12.1 Å². The summed E-state index contributed by atoms with van der Waals surface area (Å²) < 4.78 is 5.68. The Hall–Kier alpha value is -1.02. The summed E-state index contributed by atoms with van der Waals surface area (Å²) in [5.41, 5.74) is 1.24. The Balaban J connectivity index is 2.59. The molecule has 0 bridgehead atoms. The summed E-state index contributed by atoms with van der Waals surface area (Å²) in [4.78, 5) is 0. The number of para-hydroxylation sites is 1. The Morgan fingerprint density at radius 1 is 1.27 bits per heavy atom. The normalized spacial score (nSPS) is 10.7.